The van der Waals surface area contributed by atoms with Crippen molar-refractivity contribution in [2.45, 2.75) is 0 Å². The molecule has 0 atom stereocenters. The van der Waals surface area contributed by atoms with Crippen molar-refractivity contribution in [1.29, 1.82) is 0 Å². The Labute approximate surface area is 233 Å². The van der Waals surface area contributed by atoms with Gasteiger partial charge in [0.2, 0.25) is 0 Å². The normalized spacial score (nSPS) is 11.2. The molecule has 40 heavy (non-hydrogen) atoms. The first-order valence-corrected chi connectivity index (χ1v) is 13.5. The molecule has 0 amide bonds. The monoisotopic (exact) mass is 514 g/mol. The summed E-state index contributed by atoms with van der Waals surface area (Å²) in [4.78, 5) is 0. The van der Waals surface area contributed by atoms with Gasteiger partial charge in [-0.1, -0.05) is 133 Å². The SMILES string of the molecule is Nc1c([OH2+])cc(-c2ccc(-c3cccc4ccccc34)cc2)cc1-c1ccc(-c2cccc3ccccc23)cc1. The van der Waals surface area contributed by atoms with Gasteiger partial charge < -0.3 is 10.8 Å². The van der Waals surface area contributed by atoms with E-state index < -0.39 is 0 Å². The molecule has 0 saturated heterocycles. The Morgan fingerprint density at radius 2 is 0.800 bits per heavy atom. The van der Waals surface area contributed by atoms with Crippen LogP contribution in [0.4, 0.5) is 5.69 Å². The van der Waals surface area contributed by atoms with Crippen molar-refractivity contribution in [2.24, 2.45) is 0 Å². The summed E-state index contributed by atoms with van der Waals surface area (Å²) < 4.78 is 0. The Balaban J connectivity index is 1.24. The van der Waals surface area contributed by atoms with Crippen LogP contribution in [0.3, 0.4) is 0 Å². The van der Waals surface area contributed by atoms with Crippen molar-refractivity contribution in [1.82, 2.24) is 0 Å². The highest BCUT2D eigenvalue weighted by Gasteiger charge is 2.15. The molecule has 0 bridgehead atoms. The predicted molar refractivity (Wildman–Crippen MR) is 171 cm³/mol. The maximum atomic E-state index is 8.61. The van der Waals surface area contributed by atoms with Gasteiger partial charge in [-0.05, 0) is 66.6 Å². The first-order chi connectivity index (χ1) is 19.7. The number of nitrogens with two attached hydrogens (primary N) is 1. The van der Waals surface area contributed by atoms with Crippen molar-refractivity contribution in [3.63, 3.8) is 0 Å². The molecule has 0 aliphatic rings. The molecule has 0 fully saturated rings. The van der Waals surface area contributed by atoms with Gasteiger partial charge in [0.15, 0.2) is 0 Å². The largest absolute Gasteiger partial charge is 0.592 e. The molecule has 0 spiro atoms. The van der Waals surface area contributed by atoms with Crippen LogP contribution in [0.1, 0.15) is 0 Å². The molecule has 0 radical (unpaired) electrons. The smallest absolute Gasteiger partial charge is 0.278 e. The van der Waals surface area contributed by atoms with Crippen LogP contribution in [0.5, 0.6) is 5.75 Å². The lowest BCUT2D eigenvalue weighted by atomic mass is 9.93. The standard InChI is InChI=1S/C38H27NO/c39-38-36(30-21-19-29(20-22-30)35-14-6-10-27-8-2-4-12-33(27)35)23-31(24-37(38)40)25-15-17-28(18-16-25)34-13-5-9-26-7-1-3-11-32(26)34/h1-24,40H,39H2/p+1. The summed E-state index contributed by atoms with van der Waals surface area (Å²) in [6.45, 7) is 0. The van der Waals surface area contributed by atoms with Gasteiger partial charge in [0, 0.05) is 11.6 Å². The van der Waals surface area contributed by atoms with Crippen molar-refractivity contribution in [3.8, 4) is 50.3 Å². The van der Waals surface area contributed by atoms with Crippen LogP contribution in [0, 0.1) is 0 Å². The minimum atomic E-state index is 0.337. The second kappa shape index (κ2) is 9.76. The fourth-order valence-corrected chi connectivity index (χ4v) is 5.68. The molecule has 0 heterocycles. The van der Waals surface area contributed by atoms with E-state index in [1.165, 1.54) is 38.2 Å². The van der Waals surface area contributed by atoms with Crippen LogP contribution < -0.4 is 5.73 Å². The van der Waals surface area contributed by atoms with Gasteiger partial charge in [0.1, 0.15) is 5.69 Å². The highest BCUT2D eigenvalue weighted by molar-refractivity contribution is 5.98. The molecule has 190 valence electrons. The van der Waals surface area contributed by atoms with E-state index in [4.69, 9.17) is 10.8 Å². The highest BCUT2D eigenvalue weighted by Crippen LogP contribution is 2.39. The van der Waals surface area contributed by atoms with E-state index >= 15 is 0 Å². The summed E-state index contributed by atoms with van der Waals surface area (Å²) in [5, 5.41) is 13.6. The maximum Gasteiger partial charge on any atom is 0.278 e. The fourth-order valence-electron chi connectivity index (χ4n) is 5.68. The molecule has 2 nitrogen and oxygen atoms in total. The number of hydrogen-bond acceptors (Lipinski definition) is 1. The zero-order chi connectivity index (χ0) is 27.1. The minimum Gasteiger partial charge on any atom is -0.592 e. The van der Waals surface area contributed by atoms with Gasteiger partial charge in [-0.2, -0.15) is 0 Å². The average Bonchev–Trinajstić information content (AvgIpc) is 3.02. The number of benzene rings is 7. The second-order valence-corrected chi connectivity index (χ2v) is 10.2. The highest BCUT2D eigenvalue weighted by atomic mass is 16.3. The molecule has 0 aliphatic carbocycles. The molecule has 7 rings (SSSR count). The van der Waals surface area contributed by atoms with E-state index in [-0.39, 0.29) is 0 Å². The molecular formula is C38H28NO+. The molecule has 7 aromatic carbocycles. The third kappa shape index (κ3) is 4.16. The lowest BCUT2D eigenvalue weighted by Gasteiger charge is -2.12. The summed E-state index contributed by atoms with van der Waals surface area (Å²) in [5.41, 5.74) is 15.6. The summed E-state index contributed by atoms with van der Waals surface area (Å²) in [7, 11) is 0. The van der Waals surface area contributed by atoms with E-state index in [0.717, 1.165) is 27.8 Å². The molecule has 2 heteroatoms. The average molecular weight is 515 g/mol. The molecule has 0 aromatic heterocycles. The summed E-state index contributed by atoms with van der Waals surface area (Å²) >= 11 is 0. The Kier molecular flexibility index (Phi) is 5.79. The van der Waals surface area contributed by atoms with E-state index in [0.29, 0.717) is 11.4 Å². The Bertz CT molecular complexity index is 1990. The molecule has 0 aliphatic heterocycles. The van der Waals surface area contributed by atoms with Crippen molar-refractivity contribution in [2.75, 3.05) is 5.73 Å². The van der Waals surface area contributed by atoms with Crippen LogP contribution in [0.25, 0.3) is 66.1 Å². The molecule has 4 N–H and O–H groups in total. The topological polar surface area (TPSA) is 48.9 Å². The zero-order valence-electron chi connectivity index (χ0n) is 21.9. The number of hydrogen-bond donors (Lipinski definition) is 1. The molecular weight excluding hydrogens is 486 g/mol. The van der Waals surface area contributed by atoms with Crippen LogP contribution >= 0.6 is 0 Å². The third-order valence-electron chi connectivity index (χ3n) is 7.80. The Hall–Kier alpha value is -5.34. The lowest BCUT2D eigenvalue weighted by molar-refractivity contribution is 0.478. The lowest BCUT2D eigenvalue weighted by Crippen LogP contribution is -1.93. The molecule has 0 saturated carbocycles. The van der Waals surface area contributed by atoms with Gasteiger partial charge in [-0.15, -0.1) is 0 Å². The Morgan fingerprint density at radius 3 is 1.32 bits per heavy atom. The van der Waals surface area contributed by atoms with Gasteiger partial charge in [-0.3, -0.25) is 0 Å². The van der Waals surface area contributed by atoms with E-state index in [2.05, 4.69) is 140 Å². The van der Waals surface area contributed by atoms with Crippen LogP contribution in [0.2, 0.25) is 0 Å². The number of fused-ring (bicyclic) bond motifs is 2. The van der Waals surface area contributed by atoms with Crippen molar-refractivity contribution < 1.29 is 5.11 Å². The van der Waals surface area contributed by atoms with Crippen LogP contribution in [-0.2, 0) is 0 Å². The van der Waals surface area contributed by atoms with Crippen LogP contribution in [-0.4, -0.2) is 5.11 Å². The van der Waals surface area contributed by atoms with Crippen molar-refractivity contribution >= 4 is 27.2 Å². The van der Waals surface area contributed by atoms with E-state index in [9.17, 15) is 0 Å². The van der Waals surface area contributed by atoms with Crippen LogP contribution in [0.15, 0.2) is 146 Å². The number of anilines is 1. The second-order valence-electron chi connectivity index (χ2n) is 10.2. The van der Waals surface area contributed by atoms with Gasteiger partial charge in [-0.25, -0.2) is 0 Å². The van der Waals surface area contributed by atoms with Gasteiger partial charge >= 0.3 is 0 Å². The summed E-state index contributed by atoms with van der Waals surface area (Å²) in [6, 6.07) is 50.8. The number of nitrogen functional groups attached to an aromatic ring is 1. The zero-order valence-corrected chi connectivity index (χ0v) is 21.9. The third-order valence-corrected chi connectivity index (χ3v) is 7.80. The maximum absolute atomic E-state index is 8.61. The fraction of sp³-hybridized carbons (Fsp3) is 0. The summed E-state index contributed by atoms with van der Waals surface area (Å²) in [5.74, 6) is 0.337. The quantitative estimate of drug-likeness (QED) is 0.184. The van der Waals surface area contributed by atoms with Crippen molar-refractivity contribution in [3.05, 3.63) is 146 Å². The van der Waals surface area contributed by atoms with E-state index in [1.54, 1.807) is 0 Å². The van der Waals surface area contributed by atoms with Gasteiger partial charge in [0.25, 0.3) is 5.75 Å². The first kappa shape index (κ1) is 23.8. The Morgan fingerprint density at radius 1 is 0.375 bits per heavy atom. The molecule has 7 aromatic rings. The minimum absolute atomic E-state index is 0.337. The predicted octanol–water partition coefficient (Wildman–Crippen LogP) is 9.68. The number of rotatable bonds is 4. The van der Waals surface area contributed by atoms with Gasteiger partial charge in [0.05, 0.1) is 0 Å². The van der Waals surface area contributed by atoms with E-state index in [1.807, 2.05) is 6.07 Å². The summed E-state index contributed by atoms with van der Waals surface area (Å²) in [6.07, 6.45) is 0. The first-order valence-electron chi connectivity index (χ1n) is 13.5. The molecule has 0 unspecified atom stereocenters.